The zero-order valence-electron chi connectivity index (χ0n) is 21.0. The number of ether oxygens (including phenoxy) is 1. The van der Waals surface area contributed by atoms with Gasteiger partial charge in [-0.1, -0.05) is 73.3 Å². The first-order chi connectivity index (χ1) is 17.1. The summed E-state index contributed by atoms with van der Waals surface area (Å²) in [5.74, 6) is 2.60. The minimum absolute atomic E-state index is 0.108. The Bertz CT molecular complexity index is 1170. The lowest BCUT2D eigenvalue weighted by Crippen LogP contribution is -2.36. The second-order valence-corrected chi connectivity index (χ2v) is 10.5. The van der Waals surface area contributed by atoms with Crippen molar-refractivity contribution in [3.63, 3.8) is 0 Å². The topological polar surface area (TPSA) is 26.3 Å². The maximum Gasteiger partial charge on any atom is 0.137 e. The molecule has 1 unspecified atom stereocenters. The third kappa shape index (κ3) is 4.72. The van der Waals surface area contributed by atoms with E-state index >= 15 is 0 Å². The predicted octanol–water partition coefficient (Wildman–Crippen LogP) is 7.84. The second-order valence-electron chi connectivity index (χ2n) is 10.5. The number of hydrogen-bond acceptors (Lipinski definition) is 2. The van der Waals surface area contributed by atoms with Crippen molar-refractivity contribution in [3.8, 4) is 5.75 Å². The SMILES string of the molecule is C=C1c2ccccc2[C@@H](C(C)=O)[C@@H](c2ccc(OC)cc2)C1C1CCC(Cc2ccccc2)CC1. The molecular weight excluding hydrogens is 428 g/mol. The Kier molecular flexibility index (Phi) is 6.90. The summed E-state index contributed by atoms with van der Waals surface area (Å²) < 4.78 is 5.43. The van der Waals surface area contributed by atoms with Gasteiger partial charge in [0.1, 0.15) is 11.5 Å². The van der Waals surface area contributed by atoms with Crippen LogP contribution in [-0.4, -0.2) is 12.9 Å². The van der Waals surface area contributed by atoms with Crippen molar-refractivity contribution in [2.24, 2.45) is 17.8 Å². The molecule has 2 nitrogen and oxygen atoms in total. The molecule has 0 saturated heterocycles. The summed E-state index contributed by atoms with van der Waals surface area (Å²) in [6.45, 7) is 6.43. The molecule has 1 saturated carbocycles. The fraction of sp³-hybridized carbons (Fsp3) is 0.364. The van der Waals surface area contributed by atoms with Crippen LogP contribution in [0.1, 0.15) is 66.7 Å². The minimum atomic E-state index is -0.142. The van der Waals surface area contributed by atoms with Crippen LogP contribution < -0.4 is 4.74 Å². The van der Waals surface area contributed by atoms with Gasteiger partial charge in [-0.15, -0.1) is 0 Å². The smallest absolute Gasteiger partial charge is 0.137 e. The molecule has 5 rings (SSSR count). The third-order valence-electron chi connectivity index (χ3n) is 8.50. The number of rotatable bonds is 6. The van der Waals surface area contributed by atoms with Crippen molar-refractivity contribution in [1.82, 2.24) is 0 Å². The van der Waals surface area contributed by atoms with Crippen LogP contribution in [0.15, 0.2) is 85.4 Å². The number of carbonyl (C=O) groups is 1. The van der Waals surface area contributed by atoms with Crippen LogP contribution in [0.25, 0.3) is 5.57 Å². The van der Waals surface area contributed by atoms with Crippen molar-refractivity contribution in [1.29, 1.82) is 0 Å². The van der Waals surface area contributed by atoms with E-state index in [1.807, 2.05) is 12.1 Å². The van der Waals surface area contributed by atoms with E-state index in [0.29, 0.717) is 5.92 Å². The maximum atomic E-state index is 13.2. The Balaban J connectivity index is 1.47. The second kappa shape index (κ2) is 10.2. The van der Waals surface area contributed by atoms with E-state index in [0.717, 1.165) is 17.2 Å². The standard InChI is InChI=1S/C33H36O2/c1-22-29-11-7-8-12-30(29)32(23(2)34)33(27-17-19-28(35-3)20-18-27)31(22)26-15-13-25(14-16-26)21-24-9-5-4-6-10-24/h4-12,17-20,25-26,31-33H,1,13-16,21H2,2-3H3/t25?,26?,31?,32-,33+/m1/s1. The molecule has 0 amide bonds. The highest BCUT2D eigenvalue weighted by Crippen LogP contribution is 2.56. The Morgan fingerprint density at radius 3 is 2.17 bits per heavy atom. The van der Waals surface area contributed by atoms with Gasteiger partial charge in [-0.05, 0) is 96.7 Å². The van der Waals surface area contributed by atoms with E-state index in [1.165, 1.54) is 54.4 Å². The molecule has 3 aromatic rings. The third-order valence-corrected chi connectivity index (χ3v) is 8.50. The van der Waals surface area contributed by atoms with Crippen LogP contribution in [0.4, 0.5) is 0 Å². The Labute approximate surface area is 210 Å². The monoisotopic (exact) mass is 464 g/mol. The number of carbonyl (C=O) groups excluding carboxylic acids is 1. The molecule has 0 spiro atoms. The highest BCUT2D eigenvalue weighted by atomic mass is 16.5. The quantitative estimate of drug-likeness (QED) is 0.371. The first-order valence-electron chi connectivity index (χ1n) is 13.0. The molecule has 2 aliphatic rings. The summed E-state index contributed by atoms with van der Waals surface area (Å²) in [5.41, 5.74) is 6.21. The van der Waals surface area contributed by atoms with E-state index in [2.05, 4.69) is 73.3 Å². The summed E-state index contributed by atoms with van der Waals surface area (Å²) in [5, 5.41) is 0. The van der Waals surface area contributed by atoms with Gasteiger partial charge < -0.3 is 4.74 Å². The van der Waals surface area contributed by atoms with Gasteiger partial charge in [-0.25, -0.2) is 0 Å². The van der Waals surface area contributed by atoms with Crippen LogP contribution >= 0.6 is 0 Å². The molecule has 0 aliphatic heterocycles. The average Bonchev–Trinajstić information content (AvgIpc) is 2.90. The number of allylic oxidation sites excluding steroid dienone is 1. The van der Waals surface area contributed by atoms with Crippen LogP contribution in [0.2, 0.25) is 0 Å². The number of benzene rings is 3. The predicted molar refractivity (Wildman–Crippen MR) is 144 cm³/mol. The van der Waals surface area contributed by atoms with Gasteiger partial charge >= 0.3 is 0 Å². The van der Waals surface area contributed by atoms with E-state index in [4.69, 9.17) is 4.74 Å². The molecule has 180 valence electrons. The minimum Gasteiger partial charge on any atom is -0.497 e. The zero-order valence-corrected chi connectivity index (χ0v) is 21.0. The maximum absolute atomic E-state index is 13.2. The zero-order chi connectivity index (χ0) is 24.4. The molecular formula is C33H36O2. The van der Waals surface area contributed by atoms with Crippen LogP contribution in [-0.2, 0) is 11.2 Å². The van der Waals surface area contributed by atoms with Crippen LogP contribution in [0.5, 0.6) is 5.75 Å². The normalized spacial score (nSPS) is 26.1. The molecule has 0 N–H and O–H groups in total. The number of Topliss-reactive ketones (excluding diaryl/α,β-unsaturated/α-hetero) is 1. The Morgan fingerprint density at radius 2 is 1.51 bits per heavy atom. The number of hydrogen-bond donors (Lipinski definition) is 0. The van der Waals surface area contributed by atoms with Gasteiger partial charge in [0.2, 0.25) is 0 Å². The van der Waals surface area contributed by atoms with Crippen molar-refractivity contribution in [2.45, 2.75) is 50.9 Å². The van der Waals surface area contributed by atoms with E-state index < -0.39 is 0 Å². The molecule has 1 fully saturated rings. The Morgan fingerprint density at radius 1 is 0.857 bits per heavy atom. The van der Waals surface area contributed by atoms with Crippen molar-refractivity contribution < 1.29 is 9.53 Å². The van der Waals surface area contributed by atoms with E-state index in [9.17, 15) is 4.79 Å². The number of fused-ring (bicyclic) bond motifs is 1. The van der Waals surface area contributed by atoms with Crippen molar-refractivity contribution >= 4 is 11.4 Å². The Hall–Kier alpha value is -3.13. The fourth-order valence-electron chi connectivity index (χ4n) is 6.83. The van der Waals surface area contributed by atoms with Gasteiger partial charge in [0, 0.05) is 5.92 Å². The molecule has 2 aliphatic carbocycles. The summed E-state index contributed by atoms with van der Waals surface area (Å²) in [6, 6.07) is 27.7. The van der Waals surface area contributed by atoms with Gasteiger partial charge in [0.25, 0.3) is 0 Å². The molecule has 3 aromatic carbocycles. The van der Waals surface area contributed by atoms with Gasteiger partial charge in [-0.3, -0.25) is 4.79 Å². The lowest BCUT2D eigenvalue weighted by Gasteiger charge is -2.46. The highest BCUT2D eigenvalue weighted by Gasteiger charge is 2.45. The largest absolute Gasteiger partial charge is 0.497 e. The van der Waals surface area contributed by atoms with Gasteiger partial charge in [-0.2, -0.15) is 0 Å². The molecule has 35 heavy (non-hydrogen) atoms. The molecule has 0 heterocycles. The van der Waals surface area contributed by atoms with Crippen molar-refractivity contribution in [2.75, 3.05) is 7.11 Å². The lowest BCUT2D eigenvalue weighted by molar-refractivity contribution is -0.119. The summed E-state index contributed by atoms with van der Waals surface area (Å²) in [4.78, 5) is 13.2. The average molecular weight is 465 g/mol. The van der Waals surface area contributed by atoms with Crippen LogP contribution in [0.3, 0.4) is 0 Å². The van der Waals surface area contributed by atoms with Gasteiger partial charge in [0.05, 0.1) is 13.0 Å². The number of ketones is 1. The molecule has 0 bridgehead atoms. The molecule has 3 atom stereocenters. The number of methoxy groups -OCH3 is 1. The molecule has 0 radical (unpaired) electrons. The highest BCUT2D eigenvalue weighted by molar-refractivity contribution is 5.89. The van der Waals surface area contributed by atoms with E-state index in [1.54, 1.807) is 14.0 Å². The van der Waals surface area contributed by atoms with Crippen LogP contribution in [0, 0.1) is 17.8 Å². The van der Waals surface area contributed by atoms with Crippen molar-refractivity contribution in [3.05, 3.63) is 108 Å². The molecule has 2 heteroatoms. The van der Waals surface area contributed by atoms with E-state index in [-0.39, 0.29) is 23.5 Å². The van der Waals surface area contributed by atoms with Gasteiger partial charge in [0.15, 0.2) is 0 Å². The first kappa shape index (κ1) is 23.6. The first-order valence-corrected chi connectivity index (χ1v) is 13.0. The fourth-order valence-corrected chi connectivity index (χ4v) is 6.83. The summed E-state index contributed by atoms with van der Waals surface area (Å²) in [6.07, 6.45) is 6.04. The summed E-state index contributed by atoms with van der Waals surface area (Å²) in [7, 11) is 1.70. The molecule has 0 aromatic heterocycles. The summed E-state index contributed by atoms with van der Waals surface area (Å²) >= 11 is 0. The lowest BCUT2D eigenvalue weighted by atomic mass is 9.57.